The molecule has 1 aromatic heterocycles. The molecule has 2 fully saturated rings. The maximum absolute atomic E-state index is 13.5. The number of carbonyl (C=O) groups is 1. The Bertz CT molecular complexity index is 1130. The lowest BCUT2D eigenvalue weighted by Crippen LogP contribution is -2.45. The number of benzene rings is 2. The van der Waals surface area contributed by atoms with Crippen LogP contribution in [-0.4, -0.2) is 70.9 Å². The van der Waals surface area contributed by atoms with Crippen LogP contribution < -0.4 is 5.32 Å². The topological polar surface area (TPSA) is 60.7 Å². The molecule has 2 N–H and O–H groups in total. The predicted molar refractivity (Wildman–Crippen MR) is 127 cm³/mol. The van der Waals surface area contributed by atoms with E-state index in [1.807, 2.05) is 23.1 Å². The van der Waals surface area contributed by atoms with Gasteiger partial charge in [-0.05, 0) is 79.9 Å². The Kier molecular flexibility index (Phi) is 6.49. The number of carbonyl (C=O) groups excluding carboxylic acids is 1. The van der Waals surface area contributed by atoms with Crippen LogP contribution in [0, 0.1) is 5.82 Å². The van der Waals surface area contributed by atoms with Gasteiger partial charge in [0.15, 0.2) is 6.29 Å². The third-order valence-corrected chi connectivity index (χ3v) is 7.22. The van der Waals surface area contributed by atoms with E-state index in [-0.39, 0.29) is 5.82 Å². The molecule has 0 saturated carbocycles. The van der Waals surface area contributed by atoms with E-state index >= 15 is 0 Å². The highest BCUT2D eigenvalue weighted by molar-refractivity contribution is 6.31. The largest absolute Gasteiger partial charge is 0.377 e. The van der Waals surface area contributed by atoms with Crippen molar-refractivity contribution in [3.8, 4) is 5.69 Å². The van der Waals surface area contributed by atoms with Gasteiger partial charge in [0, 0.05) is 41.9 Å². The lowest BCUT2D eigenvalue weighted by Gasteiger charge is -2.34. The Morgan fingerprint density at radius 2 is 1.88 bits per heavy atom. The second-order valence-corrected chi connectivity index (χ2v) is 9.35. The number of piperidine rings is 1. The molecule has 8 heteroatoms. The van der Waals surface area contributed by atoms with E-state index in [1.165, 1.54) is 17.7 Å². The first-order valence-corrected chi connectivity index (χ1v) is 11.8. The number of aliphatic hydroxyl groups is 1. The first-order chi connectivity index (χ1) is 16.0. The molecule has 2 aliphatic heterocycles. The van der Waals surface area contributed by atoms with Crippen molar-refractivity contribution in [1.29, 1.82) is 0 Å². The summed E-state index contributed by atoms with van der Waals surface area (Å²) >= 11 is 6.35. The second kappa shape index (κ2) is 9.52. The van der Waals surface area contributed by atoms with Crippen LogP contribution in [0.4, 0.5) is 4.39 Å². The molecule has 0 radical (unpaired) electrons. The number of fused-ring (bicyclic) bond motifs is 1. The number of rotatable bonds is 6. The third-order valence-electron chi connectivity index (χ3n) is 6.98. The summed E-state index contributed by atoms with van der Waals surface area (Å²) in [4.78, 5) is 15.4. The average Bonchev–Trinajstić information content (AvgIpc) is 3.38. The van der Waals surface area contributed by atoms with Crippen LogP contribution in [0.1, 0.15) is 24.3 Å². The molecule has 0 spiro atoms. The lowest BCUT2D eigenvalue weighted by atomic mass is 9.89. The SMILES string of the molecule is O=CC1NCC(O)N1CCN1CCC(c2cn(-c3ccc(F)cc3)c3ccc(Cl)cc23)CC1. The first kappa shape index (κ1) is 22.5. The van der Waals surface area contributed by atoms with Crippen LogP contribution in [0.25, 0.3) is 16.6 Å². The minimum Gasteiger partial charge on any atom is -0.377 e. The Labute approximate surface area is 197 Å². The summed E-state index contributed by atoms with van der Waals surface area (Å²) < 4.78 is 15.6. The summed E-state index contributed by atoms with van der Waals surface area (Å²) in [7, 11) is 0. The average molecular weight is 471 g/mol. The van der Waals surface area contributed by atoms with Crippen LogP contribution in [0.2, 0.25) is 5.02 Å². The van der Waals surface area contributed by atoms with Crippen LogP contribution in [0.5, 0.6) is 0 Å². The zero-order valence-electron chi connectivity index (χ0n) is 18.3. The van der Waals surface area contributed by atoms with Crippen LogP contribution in [0.3, 0.4) is 0 Å². The quantitative estimate of drug-likeness (QED) is 0.541. The van der Waals surface area contributed by atoms with Crippen molar-refractivity contribution in [2.24, 2.45) is 0 Å². The highest BCUT2D eigenvalue weighted by Crippen LogP contribution is 2.37. The number of halogens is 2. The number of nitrogens with zero attached hydrogens (tertiary/aromatic N) is 3. The molecule has 2 atom stereocenters. The molecule has 0 amide bonds. The molecular formula is C25H28ClFN4O2. The van der Waals surface area contributed by atoms with Gasteiger partial charge in [0.25, 0.3) is 0 Å². The van der Waals surface area contributed by atoms with Gasteiger partial charge in [0.05, 0.1) is 5.52 Å². The van der Waals surface area contributed by atoms with Crippen molar-refractivity contribution in [1.82, 2.24) is 19.7 Å². The van der Waals surface area contributed by atoms with E-state index in [0.717, 1.165) is 55.4 Å². The fourth-order valence-corrected chi connectivity index (χ4v) is 5.33. The summed E-state index contributed by atoms with van der Waals surface area (Å²) in [6.07, 6.45) is 4.06. The molecule has 0 bridgehead atoms. The van der Waals surface area contributed by atoms with Gasteiger partial charge >= 0.3 is 0 Å². The van der Waals surface area contributed by atoms with Crippen molar-refractivity contribution in [2.45, 2.75) is 31.2 Å². The van der Waals surface area contributed by atoms with Crippen molar-refractivity contribution in [2.75, 3.05) is 32.7 Å². The Balaban J connectivity index is 1.31. The maximum atomic E-state index is 13.5. The summed E-state index contributed by atoms with van der Waals surface area (Å²) in [6.45, 7) is 3.81. The van der Waals surface area contributed by atoms with Gasteiger partial charge in [0.1, 0.15) is 18.2 Å². The standard InChI is InChI=1S/C25H28ClFN4O2/c26-18-1-6-23-21(13-18)22(15-31(23)20-4-2-19(27)3-5-20)17-7-9-29(10-8-17)11-12-30-24(16-32)28-14-25(30)33/h1-6,13,15-17,24-25,28,33H,7-12,14H2. The molecule has 3 aromatic rings. The third kappa shape index (κ3) is 4.56. The molecule has 3 heterocycles. The van der Waals surface area contributed by atoms with Gasteiger partial charge < -0.3 is 19.4 Å². The number of β-amino-alcohol motifs (C(OH)–C–C–N with tert-alkyl or cyclic N) is 1. The normalized spacial score (nSPS) is 22.9. The molecule has 2 unspecified atom stereocenters. The number of aromatic nitrogens is 1. The minimum atomic E-state index is -0.611. The first-order valence-electron chi connectivity index (χ1n) is 11.4. The van der Waals surface area contributed by atoms with Crippen molar-refractivity contribution < 1.29 is 14.3 Å². The number of nitrogens with one attached hydrogen (secondary N) is 1. The van der Waals surface area contributed by atoms with Crippen LogP contribution in [0.15, 0.2) is 48.7 Å². The Morgan fingerprint density at radius 3 is 2.61 bits per heavy atom. The molecule has 174 valence electrons. The summed E-state index contributed by atoms with van der Waals surface area (Å²) in [5, 5.41) is 15.0. The Morgan fingerprint density at radius 1 is 1.12 bits per heavy atom. The van der Waals surface area contributed by atoms with E-state index < -0.39 is 12.4 Å². The summed E-state index contributed by atoms with van der Waals surface area (Å²) in [5.41, 5.74) is 3.27. The van der Waals surface area contributed by atoms with Crippen LogP contribution in [-0.2, 0) is 4.79 Å². The zero-order chi connectivity index (χ0) is 22.9. The van der Waals surface area contributed by atoms with Crippen molar-refractivity contribution >= 4 is 28.8 Å². The number of hydrogen-bond acceptors (Lipinski definition) is 5. The number of aldehydes is 1. The highest BCUT2D eigenvalue weighted by atomic mass is 35.5. The van der Waals surface area contributed by atoms with E-state index in [9.17, 15) is 14.3 Å². The second-order valence-electron chi connectivity index (χ2n) is 8.92. The van der Waals surface area contributed by atoms with Gasteiger partial charge in [-0.2, -0.15) is 0 Å². The van der Waals surface area contributed by atoms with E-state index in [0.29, 0.717) is 24.0 Å². The smallest absolute Gasteiger partial charge is 0.151 e. The molecule has 2 saturated heterocycles. The maximum Gasteiger partial charge on any atom is 0.151 e. The van der Waals surface area contributed by atoms with Crippen molar-refractivity contribution in [3.05, 3.63) is 65.1 Å². The molecule has 0 aliphatic carbocycles. The molecule has 2 aromatic carbocycles. The van der Waals surface area contributed by atoms with Gasteiger partial charge in [-0.1, -0.05) is 11.6 Å². The van der Waals surface area contributed by atoms with Gasteiger partial charge in [-0.3, -0.25) is 10.2 Å². The van der Waals surface area contributed by atoms with Crippen LogP contribution >= 0.6 is 11.6 Å². The lowest BCUT2D eigenvalue weighted by molar-refractivity contribution is -0.114. The van der Waals surface area contributed by atoms with E-state index in [4.69, 9.17) is 11.6 Å². The van der Waals surface area contributed by atoms with Gasteiger partial charge in [-0.15, -0.1) is 0 Å². The Hall–Kier alpha value is -2.29. The van der Waals surface area contributed by atoms with Gasteiger partial charge in [0.2, 0.25) is 0 Å². The molecule has 33 heavy (non-hydrogen) atoms. The molecule has 6 nitrogen and oxygen atoms in total. The summed E-state index contributed by atoms with van der Waals surface area (Å²) in [5.74, 6) is 0.160. The molecular weight excluding hydrogens is 443 g/mol. The number of aliphatic hydroxyl groups excluding tert-OH is 1. The number of hydrogen-bond donors (Lipinski definition) is 2. The molecule has 2 aliphatic rings. The fraction of sp³-hybridized carbons (Fsp3) is 0.400. The van der Waals surface area contributed by atoms with E-state index in [1.54, 1.807) is 12.1 Å². The number of likely N-dealkylation sites (tertiary alicyclic amines) is 1. The fourth-order valence-electron chi connectivity index (χ4n) is 5.15. The van der Waals surface area contributed by atoms with Gasteiger partial charge in [-0.25, -0.2) is 4.39 Å². The minimum absolute atomic E-state index is 0.248. The van der Waals surface area contributed by atoms with E-state index in [2.05, 4.69) is 21.0 Å². The van der Waals surface area contributed by atoms with Crippen molar-refractivity contribution in [3.63, 3.8) is 0 Å². The highest BCUT2D eigenvalue weighted by Gasteiger charge is 2.32. The monoisotopic (exact) mass is 470 g/mol. The predicted octanol–water partition coefficient (Wildman–Crippen LogP) is 3.35. The zero-order valence-corrected chi connectivity index (χ0v) is 19.1. The molecule has 5 rings (SSSR count). The summed E-state index contributed by atoms with van der Waals surface area (Å²) in [6, 6.07) is 12.5.